The van der Waals surface area contributed by atoms with Crippen molar-refractivity contribution in [1.82, 2.24) is 9.78 Å². The Kier molecular flexibility index (Phi) is 3.31. The van der Waals surface area contributed by atoms with E-state index in [2.05, 4.69) is 21.0 Å². The number of carbonyl (C=O) groups excluding carboxylic acids is 1. The molecule has 0 saturated carbocycles. The maximum Gasteiger partial charge on any atom is 0.222 e. The number of thiophene rings is 1. The molecule has 0 atom stereocenters. The number of hydrogen-bond donors (Lipinski definition) is 0. The normalized spacial score (nSPS) is 10.6. The van der Waals surface area contributed by atoms with Crippen LogP contribution in [-0.4, -0.2) is 15.6 Å². The third-order valence-corrected chi connectivity index (χ3v) is 4.54. The van der Waals surface area contributed by atoms with Gasteiger partial charge >= 0.3 is 0 Å². The standard InChI is InChI=1S/C14H9BrN2OS/c15-11-7-9-19-14(11)13(18)12-6-8-16-17(12)10-4-2-1-3-5-10/h1-9H. The molecule has 5 heteroatoms. The highest BCUT2D eigenvalue weighted by molar-refractivity contribution is 9.10. The quantitative estimate of drug-likeness (QED) is 0.681. The molecule has 0 N–H and O–H groups in total. The van der Waals surface area contributed by atoms with E-state index < -0.39 is 0 Å². The van der Waals surface area contributed by atoms with E-state index in [0.717, 1.165) is 10.2 Å². The smallest absolute Gasteiger partial charge is 0.222 e. The fourth-order valence-electron chi connectivity index (χ4n) is 1.82. The van der Waals surface area contributed by atoms with Crippen molar-refractivity contribution in [2.75, 3.05) is 0 Å². The van der Waals surface area contributed by atoms with Crippen molar-refractivity contribution in [1.29, 1.82) is 0 Å². The Morgan fingerprint density at radius 1 is 1.16 bits per heavy atom. The van der Waals surface area contributed by atoms with E-state index in [1.807, 2.05) is 41.8 Å². The maximum absolute atomic E-state index is 12.5. The number of rotatable bonds is 3. The predicted molar refractivity (Wildman–Crippen MR) is 79.0 cm³/mol. The predicted octanol–water partition coefficient (Wildman–Crippen LogP) is 3.93. The molecule has 1 aromatic carbocycles. The summed E-state index contributed by atoms with van der Waals surface area (Å²) in [5.74, 6) is -0.0248. The second kappa shape index (κ2) is 5.11. The molecule has 0 unspecified atom stereocenters. The average Bonchev–Trinajstić information content (AvgIpc) is 3.07. The summed E-state index contributed by atoms with van der Waals surface area (Å²) in [6, 6.07) is 13.2. The van der Waals surface area contributed by atoms with Crippen LogP contribution in [-0.2, 0) is 0 Å². The van der Waals surface area contributed by atoms with Crippen LogP contribution in [0.15, 0.2) is 58.5 Å². The Labute approximate surface area is 122 Å². The van der Waals surface area contributed by atoms with E-state index in [1.54, 1.807) is 16.9 Å². The lowest BCUT2D eigenvalue weighted by Gasteiger charge is -2.05. The van der Waals surface area contributed by atoms with Crippen molar-refractivity contribution in [3.8, 4) is 5.69 Å². The van der Waals surface area contributed by atoms with Gasteiger partial charge in [-0.2, -0.15) is 5.10 Å². The average molecular weight is 333 g/mol. The summed E-state index contributed by atoms with van der Waals surface area (Å²) >= 11 is 4.82. The van der Waals surface area contributed by atoms with Crippen LogP contribution in [0.25, 0.3) is 5.69 Å². The van der Waals surface area contributed by atoms with Gasteiger partial charge in [0.05, 0.1) is 16.8 Å². The summed E-state index contributed by atoms with van der Waals surface area (Å²) in [6.07, 6.45) is 1.64. The Morgan fingerprint density at radius 2 is 1.95 bits per heavy atom. The van der Waals surface area contributed by atoms with Gasteiger partial charge in [-0.05, 0) is 45.6 Å². The van der Waals surface area contributed by atoms with Gasteiger partial charge in [0.2, 0.25) is 5.78 Å². The number of halogens is 1. The third kappa shape index (κ3) is 2.27. The van der Waals surface area contributed by atoms with Crippen LogP contribution in [0.2, 0.25) is 0 Å². The van der Waals surface area contributed by atoms with Crippen molar-refractivity contribution in [3.05, 3.63) is 69.1 Å². The molecule has 3 nitrogen and oxygen atoms in total. The number of hydrogen-bond acceptors (Lipinski definition) is 3. The summed E-state index contributed by atoms with van der Waals surface area (Å²) in [6.45, 7) is 0. The number of benzene rings is 1. The van der Waals surface area contributed by atoms with Gasteiger partial charge in [-0.3, -0.25) is 4.79 Å². The Morgan fingerprint density at radius 3 is 2.63 bits per heavy atom. The molecule has 0 aliphatic heterocycles. The summed E-state index contributed by atoms with van der Waals surface area (Å²) in [7, 11) is 0. The minimum Gasteiger partial charge on any atom is -0.286 e. The highest BCUT2D eigenvalue weighted by Gasteiger charge is 2.18. The molecule has 0 spiro atoms. The first-order chi connectivity index (χ1) is 9.27. The molecule has 0 fully saturated rings. The summed E-state index contributed by atoms with van der Waals surface area (Å²) in [5, 5.41) is 6.12. The fourth-order valence-corrected chi connectivity index (χ4v) is 3.32. The summed E-state index contributed by atoms with van der Waals surface area (Å²) < 4.78 is 2.48. The molecule has 2 heterocycles. The molecule has 0 aliphatic carbocycles. The Bertz CT molecular complexity index is 718. The topological polar surface area (TPSA) is 34.9 Å². The lowest BCUT2D eigenvalue weighted by atomic mass is 10.2. The van der Waals surface area contributed by atoms with Gasteiger partial charge in [0.1, 0.15) is 5.69 Å². The number of para-hydroxylation sites is 1. The second-order valence-electron chi connectivity index (χ2n) is 3.89. The second-order valence-corrected chi connectivity index (χ2v) is 5.66. The first-order valence-corrected chi connectivity index (χ1v) is 7.32. The lowest BCUT2D eigenvalue weighted by molar-refractivity contribution is 0.103. The van der Waals surface area contributed by atoms with Crippen molar-refractivity contribution >= 4 is 33.0 Å². The molecule has 0 radical (unpaired) electrons. The van der Waals surface area contributed by atoms with E-state index in [1.165, 1.54) is 11.3 Å². The van der Waals surface area contributed by atoms with Gasteiger partial charge in [-0.25, -0.2) is 4.68 Å². The van der Waals surface area contributed by atoms with Crippen molar-refractivity contribution in [3.63, 3.8) is 0 Å². The zero-order valence-electron chi connectivity index (χ0n) is 9.79. The van der Waals surface area contributed by atoms with Crippen LogP contribution in [0, 0.1) is 0 Å². The molecule has 0 saturated heterocycles. The maximum atomic E-state index is 12.5. The van der Waals surface area contributed by atoms with Crippen molar-refractivity contribution in [2.24, 2.45) is 0 Å². The largest absolute Gasteiger partial charge is 0.286 e. The summed E-state index contributed by atoms with van der Waals surface area (Å²) in [4.78, 5) is 13.2. The molecule has 0 amide bonds. The van der Waals surface area contributed by atoms with Crippen molar-refractivity contribution < 1.29 is 4.79 Å². The molecule has 3 aromatic rings. The third-order valence-electron chi connectivity index (χ3n) is 2.70. The molecule has 2 aromatic heterocycles. The lowest BCUT2D eigenvalue weighted by Crippen LogP contribution is -2.09. The number of nitrogens with zero attached hydrogens (tertiary/aromatic N) is 2. The Balaban J connectivity index is 2.06. The van der Waals surface area contributed by atoms with Crippen LogP contribution < -0.4 is 0 Å². The number of carbonyl (C=O) groups is 1. The minimum atomic E-state index is -0.0248. The van der Waals surface area contributed by atoms with Crippen LogP contribution >= 0.6 is 27.3 Å². The number of ketones is 1. The molecule has 0 aliphatic rings. The molecular weight excluding hydrogens is 324 g/mol. The highest BCUT2D eigenvalue weighted by Crippen LogP contribution is 2.26. The van der Waals surface area contributed by atoms with E-state index in [-0.39, 0.29) is 5.78 Å². The van der Waals surface area contributed by atoms with Gasteiger partial charge in [0.15, 0.2) is 0 Å². The number of aromatic nitrogens is 2. The van der Waals surface area contributed by atoms with Gasteiger partial charge in [0.25, 0.3) is 0 Å². The first-order valence-electron chi connectivity index (χ1n) is 5.64. The van der Waals surface area contributed by atoms with Crippen LogP contribution in [0.1, 0.15) is 15.4 Å². The van der Waals surface area contributed by atoms with Crippen LogP contribution in [0.4, 0.5) is 0 Å². The SMILES string of the molecule is O=C(c1sccc1Br)c1ccnn1-c1ccccc1. The van der Waals surface area contributed by atoms with E-state index in [4.69, 9.17) is 0 Å². The summed E-state index contributed by atoms with van der Waals surface area (Å²) in [5.41, 5.74) is 1.44. The highest BCUT2D eigenvalue weighted by atomic mass is 79.9. The zero-order valence-corrected chi connectivity index (χ0v) is 12.2. The van der Waals surface area contributed by atoms with Gasteiger partial charge < -0.3 is 0 Å². The first kappa shape index (κ1) is 12.3. The van der Waals surface area contributed by atoms with Gasteiger partial charge in [-0.1, -0.05) is 18.2 Å². The van der Waals surface area contributed by atoms with E-state index in [0.29, 0.717) is 10.6 Å². The van der Waals surface area contributed by atoms with Gasteiger partial charge in [-0.15, -0.1) is 11.3 Å². The van der Waals surface area contributed by atoms with Crippen LogP contribution in [0.5, 0.6) is 0 Å². The zero-order chi connectivity index (χ0) is 13.2. The molecule has 0 bridgehead atoms. The molecule has 94 valence electrons. The molecular formula is C14H9BrN2OS. The molecule has 19 heavy (non-hydrogen) atoms. The fraction of sp³-hybridized carbons (Fsp3) is 0. The van der Waals surface area contributed by atoms with E-state index >= 15 is 0 Å². The van der Waals surface area contributed by atoms with Crippen LogP contribution in [0.3, 0.4) is 0 Å². The molecule has 3 rings (SSSR count). The van der Waals surface area contributed by atoms with Crippen molar-refractivity contribution in [2.45, 2.75) is 0 Å². The van der Waals surface area contributed by atoms with E-state index in [9.17, 15) is 4.79 Å². The van der Waals surface area contributed by atoms with Gasteiger partial charge in [0, 0.05) is 4.47 Å². The Hall–Kier alpha value is -1.72. The monoisotopic (exact) mass is 332 g/mol. The minimum absolute atomic E-state index is 0.0248.